The highest BCUT2D eigenvalue weighted by Crippen LogP contribution is 2.37. The van der Waals surface area contributed by atoms with E-state index in [0.29, 0.717) is 16.6 Å². The minimum atomic E-state index is -1.33. The molecule has 104 valence electrons. The molecule has 0 aliphatic carbocycles. The first-order chi connectivity index (χ1) is 9.52. The van der Waals surface area contributed by atoms with Gasteiger partial charge in [-0.25, -0.2) is 9.78 Å². The van der Waals surface area contributed by atoms with Gasteiger partial charge in [0, 0.05) is 6.42 Å². The van der Waals surface area contributed by atoms with Crippen LogP contribution in [0.1, 0.15) is 23.1 Å². The summed E-state index contributed by atoms with van der Waals surface area (Å²) in [6, 6.07) is 4.19. The van der Waals surface area contributed by atoms with Gasteiger partial charge in [-0.1, -0.05) is 24.8 Å². The quantitative estimate of drug-likeness (QED) is 0.668. The third-order valence-corrected chi connectivity index (χ3v) is 4.21. The van der Waals surface area contributed by atoms with Gasteiger partial charge in [0.15, 0.2) is 4.34 Å². The number of carboxylic acid groups (broad SMARTS) is 1. The Bertz CT molecular complexity index is 671. The molecule has 1 N–H and O–H groups in total. The number of nitro benzene ring substituents is 1. The van der Waals surface area contributed by atoms with Gasteiger partial charge in [0.05, 0.1) is 9.82 Å². The van der Waals surface area contributed by atoms with Crippen LogP contribution < -0.4 is 0 Å². The molecule has 0 fully saturated rings. The van der Waals surface area contributed by atoms with Gasteiger partial charge in [-0.2, -0.15) is 4.37 Å². The highest BCUT2D eigenvalue weighted by atomic mass is 32.2. The van der Waals surface area contributed by atoms with Crippen molar-refractivity contribution in [3.63, 3.8) is 0 Å². The molecule has 0 amide bonds. The van der Waals surface area contributed by atoms with Crippen LogP contribution in [0.25, 0.3) is 0 Å². The predicted octanol–water partition coefficient (Wildman–Crippen LogP) is 2.86. The van der Waals surface area contributed by atoms with E-state index in [9.17, 15) is 14.9 Å². The number of hydrogen-bond donors (Lipinski definition) is 1. The van der Waals surface area contributed by atoms with E-state index in [2.05, 4.69) is 9.36 Å². The van der Waals surface area contributed by atoms with Crippen molar-refractivity contribution in [1.29, 1.82) is 0 Å². The number of carbonyl (C=O) groups is 1. The van der Waals surface area contributed by atoms with Crippen molar-refractivity contribution in [2.75, 3.05) is 0 Å². The van der Waals surface area contributed by atoms with Crippen molar-refractivity contribution in [2.24, 2.45) is 0 Å². The first kappa shape index (κ1) is 14.4. The van der Waals surface area contributed by atoms with E-state index in [1.165, 1.54) is 18.2 Å². The summed E-state index contributed by atoms with van der Waals surface area (Å²) in [7, 11) is 0. The molecule has 9 heteroatoms. The monoisotopic (exact) mass is 311 g/mol. The lowest BCUT2D eigenvalue weighted by Crippen LogP contribution is -2.03. The molecular formula is C11H9N3O4S2. The maximum atomic E-state index is 11.1. The fourth-order valence-corrected chi connectivity index (χ4v) is 3.28. The number of nitro groups is 1. The zero-order chi connectivity index (χ0) is 14.7. The Morgan fingerprint density at radius 2 is 2.30 bits per heavy atom. The molecule has 0 saturated heterocycles. The van der Waals surface area contributed by atoms with Crippen molar-refractivity contribution in [1.82, 2.24) is 9.36 Å². The summed E-state index contributed by atoms with van der Waals surface area (Å²) >= 11 is 2.19. The van der Waals surface area contributed by atoms with Gasteiger partial charge in [0.1, 0.15) is 11.4 Å². The Balaban J connectivity index is 2.43. The van der Waals surface area contributed by atoms with Crippen molar-refractivity contribution in [3.05, 3.63) is 39.7 Å². The maximum absolute atomic E-state index is 11.1. The second-order valence-electron chi connectivity index (χ2n) is 3.65. The first-order valence-electron chi connectivity index (χ1n) is 5.54. The lowest BCUT2D eigenvalue weighted by molar-refractivity contribution is -0.388. The minimum Gasteiger partial charge on any atom is -0.477 e. The van der Waals surface area contributed by atoms with Gasteiger partial charge in [-0.3, -0.25) is 10.1 Å². The van der Waals surface area contributed by atoms with Crippen LogP contribution in [0.4, 0.5) is 5.69 Å². The average molecular weight is 311 g/mol. The number of carboxylic acids is 1. The molecule has 0 atom stereocenters. The Morgan fingerprint density at radius 3 is 2.85 bits per heavy atom. The van der Waals surface area contributed by atoms with Gasteiger partial charge in [0.25, 0.3) is 5.69 Å². The van der Waals surface area contributed by atoms with Crippen LogP contribution >= 0.6 is 23.3 Å². The molecule has 2 rings (SSSR count). The third-order valence-electron chi connectivity index (χ3n) is 2.37. The van der Waals surface area contributed by atoms with E-state index < -0.39 is 16.6 Å². The molecule has 0 unspecified atom stereocenters. The van der Waals surface area contributed by atoms with E-state index in [0.717, 1.165) is 23.3 Å². The number of aromatic carboxylic acids is 1. The molecule has 0 radical (unpaired) electrons. The summed E-state index contributed by atoms with van der Waals surface area (Å²) in [6.45, 7) is 1.91. The Kier molecular flexibility index (Phi) is 4.30. The SMILES string of the molecule is CCc1nsc(Sc2cccc(C(=O)O)c2[N+](=O)[O-])n1. The van der Waals surface area contributed by atoms with Crippen LogP contribution in [-0.4, -0.2) is 25.4 Å². The summed E-state index contributed by atoms with van der Waals surface area (Å²) in [5.41, 5.74) is -0.751. The molecule has 1 heterocycles. The van der Waals surface area contributed by atoms with Crippen molar-refractivity contribution < 1.29 is 14.8 Å². The molecule has 0 aliphatic rings. The zero-order valence-corrected chi connectivity index (χ0v) is 11.9. The summed E-state index contributed by atoms with van der Waals surface area (Å²) in [5, 5.41) is 20.1. The Labute approximate surface area is 122 Å². The Morgan fingerprint density at radius 1 is 1.55 bits per heavy atom. The molecule has 0 aliphatic heterocycles. The van der Waals surface area contributed by atoms with Crippen molar-refractivity contribution in [3.8, 4) is 0 Å². The van der Waals surface area contributed by atoms with Gasteiger partial charge >= 0.3 is 5.97 Å². The lowest BCUT2D eigenvalue weighted by atomic mass is 10.2. The number of benzene rings is 1. The molecule has 0 spiro atoms. The molecular weight excluding hydrogens is 302 g/mol. The molecule has 2 aromatic rings. The van der Waals surface area contributed by atoms with Crippen LogP contribution in [0.5, 0.6) is 0 Å². The minimum absolute atomic E-state index is 0.244. The van der Waals surface area contributed by atoms with Crippen LogP contribution in [0.2, 0.25) is 0 Å². The van der Waals surface area contributed by atoms with E-state index in [-0.39, 0.29) is 10.5 Å². The summed E-state index contributed by atoms with van der Waals surface area (Å²) in [4.78, 5) is 25.9. The van der Waals surface area contributed by atoms with Gasteiger partial charge in [-0.05, 0) is 23.7 Å². The van der Waals surface area contributed by atoms with Crippen LogP contribution in [0, 0.1) is 10.1 Å². The zero-order valence-electron chi connectivity index (χ0n) is 10.3. The third kappa shape index (κ3) is 2.94. The molecule has 7 nitrogen and oxygen atoms in total. The molecule has 20 heavy (non-hydrogen) atoms. The molecule has 0 bridgehead atoms. The number of aromatic nitrogens is 2. The topological polar surface area (TPSA) is 106 Å². The van der Waals surface area contributed by atoms with Crippen LogP contribution in [0.15, 0.2) is 27.4 Å². The van der Waals surface area contributed by atoms with Crippen molar-refractivity contribution in [2.45, 2.75) is 22.6 Å². The summed E-state index contributed by atoms with van der Waals surface area (Å²) in [6.07, 6.45) is 0.675. The number of rotatable bonds is 5. The summed E-state index contributed by atoms with van der Waals surface area (Å²) in [5.74, 6) is -0.666. The summed E-state index contributed by atoms with van der Waals surface area (Å²) < 4.78 is 4.64. The molecule has 0 saturated carbocycles. The molecule has 1 aromatic heterocycles. The number of para-hydroxylation sites is 1. The predicted molar refractivity (Wildman–Crippen MR) is 73.5 cm³/mol. The second-order valence-corrected chi connectivity index (χ2v) is 5.69. The standard InChI is InChI=1S/C11H9N3O4S2/c1-2-8-12-11(20-13-8)19-7-5-3-4-6(10(15)16)9(7)14(17)18/h3-5H,2H2,1H3,(H,15,16). The lowest BCUT2D eigenvalue weighted by Gasteiger charge is -2.02. The van der Waals surface area contributed by atoms with E-state index in [1.807, 2.05) is 6.92 Å². The average Bonchev–Trinajstić information content (AvgIpc) is 2.85. The van der Waals surface area contributed by atoms with Gasteiger partial charge < -0.3 is 5.11 Å². The first-order valence-corrected chi connectivity index (χ1v) is 7.13. The highest BCUT2D eigenvalue weighted by molar-refractivity contribution is 8.01. The second kappa shape index (κ2) is 5.97. The number of aryl methyl sites for hydroxylation is 1. The Hall–Kier alpha value is -2.00. The fourth-order valence-electron chi connectivity index (χ4n) is 1.48. The molecule has 1 aromatic carbocycles. The van der Waals surface area contributed by atoms with Crippen molar-refractivity contribution >= 4 is 35.0 Å². The van der Waals surface area contributed by atoms with Gasteiger partial charge in [-0.15, -0.1) is 0 Å². The number of nitrogens with zero attached hydrogens (tertiary/aromatic N) is 3. The fraction of sp³-hybridized carbons (Fsp3) is 0.182. The van der Waals surface area contributed by atoms with E-state index >= 15 is 0 Å². The van der Waals surface area contributed by atoms with Gasteiger partial charge in [0.2, 0.25) is 0 Å². The van der Waals surface area contributed by atoms with Crippen LogP contribution in [-0.2, 0) is 6.42 Å². The van der Waals surface area contributed by atoms with E-state index in [1.54, 1.807) is 0 Å². The largest absolute Gasteiger partial charge is 0.477 e. The van der Waals surface area contributed by atoms with Crippen LogP contribution in [0.3, 0.4) is 0 Å². The maximum Gasteiger partial charge on any atom is 0.342 e. The highest BCUT2D eigenvalue weighted by Gasteiger charge is 2.25. The smallest absolute Gasteiger partial charge is 0.342 e. The normalized spacial score (nSPS) is 10.4. The number of hydrogen-bond acceptors (Lipinski definition) is 7. The van der Waals surface area contributed by atoms with E-state index in [4.69, 9.17) is 5.11 Å².